The van der Waals surface area contributed by atoms with Crippen molar-refractivity contribution >= 4 is 6.09 Å². The number of nitrogens with zero attached hydrogens (tertiary/aromatic N) is 1. The topological polar surface area (TPSA) is 61.8 Å². The lowest BCUT2D eigenvalue weighted by Gasteiger charge is -2.44. The maximum Gasteiger partial charge on any atom is 0.409 e. The Morgan fingerprint density at radius 3 is 2.56 bits per heavy atom. The Labute approximate surface area is 201 Å². The molecule has 0 saturated carbocycles. The maximum atomic E-state index is 13.5. The van der Waals surface area contributed by atoms with Crippen LogP contribution in [0.1, 0.15) is 56.7 Å². The maximum absolute atomic E-state index is 13.5. The Morgan fingerprint density at radius 2 is 1.91 bits per heavy atom. The van der Waals surface area contributed by atoms with Gasteiger partial charge in [-0.3, -0.25) is 0 Å². The molecule has 1 amide bonds. The average Bonchev–Trinajstić information content (AvgIpc) is 2.80. The highest BCUT2D eigenvalue weighted by atomic mass is 19.1. The van der Waals surface area contributed by atoms with Gasteiger partial charge in [-0.05, 0) is 59.9 Å². The zero-order valence-corrected chi connectivity index (χ0v) is 20.5. The van der Waals surface area contributed by atoms with Crippen LogP contribution in [0, 0.1) is 11.6 Å². The largest absolute Gasteiger partial charge is 0.453 e. The number of ether oxygens (including phenoxy) is 1. The number of rotatable bonds is 7. The quantitative estimate of drug-likeness (QED) is 0.599. The van der Waals surface area contributed by atoms with Gasteiger partial charge < -0.3 is 20.1 Å². The van der Waals surface area contributed by atoms with Crippen LogP contribution in [0.15, 0.2) is 42.5 Å². The highest BCUT2D eigenvalue weighted by Crippen LogP contribution is 2.34. The van der Waals surface area contributed by atoms with Crippen LogP contribution in [0.25, 0.3) is 0 Å². The van der Waals surface area contributed by atoms with Gasteiger partial charge in [0.15, 0.2) is 0 Å². The Kier molecular flexibility index (Phi) is 8.31. The Balaban J connectivity index is 1.78. The van der Waals surface area contributed by atoms with Crippen LogP contribution in [0.3, 0.4) is 0 Å². The van der Waals surface area contributed by atoms with Crippen molar-refractivity contribution in [2.45, 2.75) is 63.5 Å². The number of aryl methyl sites for hydroxylation is 1. The molecule has 2 N–H and O–H groups in total. The van der Waals surface area contributed by atoms with Crippen LogP contribution in [0.4, 0.5) is 13.6 Å². The van der Waals surface area contributed by atoms with E-state index in [0.717, 1.165) is 24.5 Å². The molecule has 186 valence electrons. The van der Waals surface area contributed by atoms with E-state index in [4.69, 9.17) is 4.74 Å². The lowest BCUT2D eigenvalue weighted by Crippen LogP contribution is -2.57. The van der Waals surface area contributed by atoms with Gasteiger partial charge >= 0.3 is 6.09 Å². The smallest absolute Gasteiger partial charge is 0.409 e. The Morgan fingerprint density at radius 1 is 1.21 bits per heavy atom. The van der Waals surface area contributed by atoms with Gasteiger partial charge in [-0.1, -0.05) is 45.0 Å². The van der Waals surface area contributed by atoms with Gasteiger partial charge in [-0.25, -0.2) is 13.6 Å². The van der Waals surface area contributed by atoms with Crippen LogP contribution in [0.5, 0.6) is 0 Å². The van der Waals surface area contributed by atoms with Crippen molar-refractivity contribution in [2.24, 2.45) is 0 Å². The third kappa shape index (κ3) is 6.54. The number of nitrogens with one attached hydrogen (secondary N) is 1. The van der Waals surface area contributed by atoms with Gasteiger partial charge in [0.2, 0.25) is 0 Å². The van der Waals surface area contributed by atoms with E-state index in [1.54, 1.807) is 4.90 Å². The molecule has 2 aromatic rings. The van der Waals surface area contributed by atoms with E-state index in [1.807, 2.05) is 6.07 Å². The number of carbonyl (C=O) groups excluding carboxylic acids is 1. The summed E-state index contributed by atoms with van der Waals surface area (Å²) < 4.78 is 31.9. The van der Waals surface area contributed by atoms with Gasteiger partial charge in [-0.2, -0.15) is 0 Å². The van der Waals surface area contributed by atoms with E-state index in [1.165, 1.54) is 24.8 Å². The number of aliphatic hydroxyl groups excluding tert-OH is 1. The van der Waals surface area contributed by atoms with Crippen molar-refractivity contribution < 1.29 is 23.4 Å². The zero-order chi connectivity index (χ0) is 24.9. The second kappa shape index (κ2) is 10.8. The van der Waals surface area contributed by atoms with E-state index < -0.39 is 23.3 Å². The highest BCUT2D eigenvalue weighted by Gasteiger charge is 2.39. The minimum atomic E-state index is -0.720. The fraction of sp³-hybridized carbons (Fsp3) is 0.519. The molecule has 0 aromatic heterocycles. The van der Waals surface area contributed by atoms with E-state index in [2.05, 4.69) is 44.3 Å². The first-order valence-corrected chi connectivity index (χ1v) is 11.8. The molecular formula is C27H36F2N2O3. The molecule has 1 heterocycles. The molecule has 0 aliphatic carbocycles. The summed E-state index contributed by atoms with van der Waals surface area (Å²) in [5.74, 6) is -1.24. The molecule has 1 aliphatic rings. The summed E-state index contributed by atoms with van der Waals surface area (Å²) in [6.45, 7) is 7.80. The van der Waals surface area contributed by atoms with Crippen LogP contribution in [-0.2, 0) is 22.1 Å². The van der Waals surface area contributed by atoms with Crippen LogP contribution < -0.4 is 5.32 Å². The molecule has 0 radical (unpaired) electrons. The van der Waals surface area contributed by atoms with Gasteiger partial charge in [0.25, 0.3) is 0 Å². The average molecular weight is 475 g/mol. The Hall–Kier alpha value is -2.51. The minimum absolute atomic E-state index is 0.0341. The molecule has 1 saturated heterocycles. The lowest BCUT2D eigenvalue weighted by atomic mass is 9.78. The predicted octanol–water partition coefficient (Wildman–Crippen LogP) is 4.90. The molecule has 3 rings (SSSR count). The summed E-state index contributed by atoms with van der Waals surface area (Å²) >= 11 is 0. The number of carbonyl (C=O) groups is 1. The number of likely N-dealkylation sites (tertiary alicyclic amines) is 1. The van der Waals surface area contributed by atoms with Crippen molar-refractivity contribution in [3.63, 3.8) is 0 Å². The molecule has 2 unspecified atom stereocenters. The molecule has 7 heteroatoms. The van der Waals surface area contributed by atoms with Gasteiger partial charge in [0, 0.05) is 25.7 Å². The molecule has 5 nitrogen and oxygen atoms in total. The standard InChI is InChI=1S/C27H36F2N2O3/c1-26(2,3)20-7-5-8-21(15-20)27(11-6-12-31(18-27)25(33)34-4)30-17-24(32)10-9-19-13-22(28)16-23(29)14-19/h5,7-8,13-16,24,30,32H,6,9-12,17-18H2,1-4H3. The monoisotopic (exact) mass is 474 g/mol. The summed E-state index contributed by atoms with van der Waals surface area (Å²) in [6, 6.07) is 11.8. The molecule has 1 fully saturated rings. The number of amides is 1. The lowest BCUT2D eigenvalue weighted by molar-refractivity contribution is 0.0735. The van der Waals surface area contributed by atoms with E-state index in [-0.39, 0.29) is 18.1 Å². The number of hydrogen-bond acceptors (Lipinski definition) is 4. The van der Waals surface area contributed by atoms with Gasteiger partial charge in [-0.15, -0.1) is 0 Å². The van der Waals surface area contributed by atoms with Gasteiger partial charge in [0.05, 0.1) is 18.8 Å². The normalized spacial score (nSPS) is 19.7. The summed E-state index contributed by atoms with van der Waals surface area (Å²) in [4.78, 5) is 14.0. The molecule has 0 spiro atoms. The van der Waals surface area contributed by atoms with E-state index >= 15 is 0 Å². The van der Waals surface area contributed by atoms with Crippen LogP contribution in [0.2, 0.25) is 0 Å². The zero-order valence-electron chi connectivity index (χ0n) is 20.5. The second-order valence-corrected chi connectivity index (χ2v) is 10.3. The third-order valence-corrected chi connectivity index (χ3v) is 6.57. The molecular weight excluding hydrogens is 438 g/mol. The van der Waals surface area contributed by atoms with Crippen molar-refractivity contribution in [3.8, 4) is 0 Å². The highest BCUT2D eigenvalue weighted by molar-refractivity contribution is 5.67. The number of benzene rings is 2. The van der Waals surface area contributed by atoms with Crippen LogP contribution >= 0.6 is 0 Å². The molecule has 2 aromatic carbocycles. The van der Waals surface area contributed by atoms with Gasteiger partial charge in [0.1, 0.15) is 11.6 Å². The number of halogens is 2. The SMILES string of the molecule is COC(=O)N1CCCC(NCC(O)CCc2cc(F)cc(F)c2)(c2cccc(C(C)(C)C)c2)C1. The molecule has 2 atom stereocenters. The molecule has 1 aliphatic heterocycles. The number of aliphatic hydroxyl groups is 1. The fourth-order valence-electron chi connectivity index (χ4n) is 4.61. The first-order chi connectivity index (χ1) is 16.0. The second-order valence-electron chi connectivity index (χ2n) is 10.3. The van der Waals surface area contributed by atoms with E-state index in [9.17, 15) is 18.7 Å². The fourth-order valence-corrected chi connectivity index (χ4v) is 4.61. The van der Waals surface area contributed by atoms with Crippen LogP contribution in [-0.4, -0.2) is 48.9 Å². The number of piperidine rings is 1. The summed E-state index contributed by atoms with van der Waals surface area (Å²) in [5.41, 5.74) is 2.19. The molecule has 34 heavy (non-hydrogen) atoms. The first-order valence-electron chi connectivity index (χ1n) is 11.8. The third-order valence-electron chi connectivity index (χ3n) is 6.57. The summed E-state index contributed by atoms with van der Waals surface area (Å²) in [7, 11) is 1.38. The summed E-state index contributed by atoms with van der Waals surface area (Å²) in [6.07, 6.45) is 1.22. The predicted molar refractivity (Wildman–Crippen MR) is 129 cm³/mol. The first kappa shape index (κ1) is 26.1. The van der Waals surface area contributed by atoms with E-state index in [0.29, 0.717) is 31.5 Å². The van der Waals surface area contributed by atoms with Crippen molar-refractivity contribution in [1.29, 1.82) is 0 Å². The van der Waals surface area contributed by atoms with Crippen molar-refractivity contribution in [2.75, 3.05) is 26.7 Å². The molecule has 0 bridgehead atoms. The summed E-state index contributed by atoms with van der Waals surface area (Å²) in [5, 5.41) is 14.2. The Bertz CT molecular complexity index is 972. The number of hydrogen-bond donors (Lipinski definition) is 2. The van der Waals surface area contributed by atoms with Crippen molar-refractivity contribution in [1.82, 2.24) is 10.2 Å². The van der Waals surface area contributed by atoms with Crippen molar-refractivity contribution in [3.05, 3.63) is 70.8 Å². The minimum Gasteiger partial charge on any atom is -0.453 e. The number of methoxy groups -OCH3 is 1.